The molecular formula is C20H31N3O2. The van der Waals surface area contributed by atoms with Crippen LogP contribution < -0.4 is 10.6 Å². The fourth-order valence-electron chi connectivity index (χ4n) is 3.37. The predicted molar refractivity (Wildman–Crippen MR) is 101 cm³/mol. The number of amides is 2. The van der Waals surface area contributed by atoms with Crippen LogP contribution >= 0.6 is 0 Å². The Morgan fingerprint density at radius 3 is 2.40 bits per heavy atom. The third kappa shape index (κ3) is 5.30. The third-order valence-corrected chi connectivity index (χ3v) is 4.92. The lowest BCUT2D eigenvalue weighted by Crippen LogP contribution is -2.52. The lowest BCUT2D eigenvalue weighted by molar-refractivity contribution is -0.134. The zero-order valence-electron chi connectivity index (χ0n) is 15.8. The van der Waals surface area contributed by atoms with Crippen molar-refractivity contribution in [3.63, 3.8) is 0 Å². The average molecular weight is 345 g/mol. The summed E-state index contributed by atoms with van der Waals surface area (Å²) >= 11 is 0. The molecule has 2 rings (SSSR count). The maximum atomic E-state index is 13.0. The minimum atomic E-state index is -0.460. The molecule has 1 unspecified atom stereocenters. The molecule has 1 aromatic rings. The Labute approximate surface area is 151 Å². The van der Waals surface area contributed by atoms with Crippen LogP contribution in [-0.4, -0.2) is 48.9 Å². The van der Waals surface area contributed by atoms with E-state index in [1.54, 1.807) is 6.07 Å². The molecule has 0 aromatic heterocycles. The van der Waals surface area contributed by atoms with E-state index < -0.39 is 6.04 Å². The first-order valence-corrected chi connectivity index (χ1v) is 9.25. The number of hydrogen-bond donors (Lipinski definition) is 2. The van der Waals surface area contributed by atoms with Crippen LogP contribution in [0, 0.1) is 12.8 Å². The fraction of sp³-hybridized carbons (Fsp3) is 0.600. The van der Waals surface area contributed by atoms with Crippen LogP contribution in [-0.2, 0) is 4.79 Å². The van der Waals surface area contributed by atoms with E-state index in [1.165, 1.54) is 0 Å². The van der Waals surface area contributed by atoms with Crippen LogP contribution in [0.5, 0.6) is 0 Å². The van der Waals surface area contributed by atoms with E-state index >= 15 is 0 Å². The maximum absolute atomic E-state index is 13.0. The minimum Gasteiger partial charge on any atom is -0.341 e. The van der Waals surface area contributed by atoms with Crippen LogP contribution in [0.3, 0.4) is 0 Å². The molecule has 1 aliphatic heterocycles. The number of rotatable bonds is 6. The van der Waals surface area contributed by atoms with Gasteiger partial charge in [0.1, 0.15) is 6.04 Å². The van der Waals surface area contributed by atoms with Crippen molar-refractivity contribution in [3.8, 4) is 0 Å². The molecule has 5 heteroatoms. The molecule has 5 nitrogen and oxygen atoms in total. The van der Waals surface area contributed by atoms with Crippen LogP contribution in [0.2, 0.25) is 0 Å². The van der Waals surface area contributed by atoms with Gasteiger partial charge in [0.2, 0.25) is 5.91 Å². The van der Waals surface area contributed by atoms with Gasteiger partial charge >= 0.3 is 0 Å². The second kappa shape index (κ2) is 8.99. The smallest absolute Gasteiger partial charge is 0.252 e. The highest BCUT2D eigenvalue weighted by Gasteiger charge is 2.29. The molecule has 0 saturated carbocycles. The third-order valence-electron chi connectivity index (χ3n) is 4.92. The topological polar surface area (TPSA) is 61.4 Å². The van der Waals surface area contributed by atoms with Gasteiger partial charge in [-0.05, 0) is 50.8 Å². The summed E-state index contributed by atoms with van der Waals surface area (Å²) in [6.07, 6.45) is 2.58. The lowest BCUT2D eigenvalue weighted by Gasteiger charge is -2.34. The Kier molecular flexibility index (Phi) is 7.00. The highest BCUT2D eigenvalue weighted by Crippen LogP contribution is 2.15. The van der Waals surface area contributed by atoms with Crippen molar-refractivity contribution in [2.75, 3.05) is 20.1 Å². The van der Waals surface area contributed by atoms with Crippen LogP contribution in [0.25, 0.3) is 0 Å². The molecule has 2 amide bonds. The molecule has 1 aromatic carbocycles. The van der Waals surface area contributed by atoms with Gasteiger partial charge in [0.05, 0.1) is 0 Å². The molecule has 1 atom stereocenters. The highest BCUT2D eigenvalue weighted by molar-refractivity contribution is 5.98. The molecular weight excluding hydrogens is 314 g/mol. The summed E-state index contributed by atoms with van der Waals surface area (Å²) in [7, 11) is 1.96. The number of hydrogen-bond acceptors (Lipinski definition) is 3. The van der Waals surface area contributed by atoms with Gasteiger partial charge in [-0.25, -0.2) is 0 Å². The molecule has 1 aliphatic rings. The van der Waals surface area contributed by atoms with Crippen molar-refractivity contribution in [1.82, 2.24) is 15.5 Å². The Hall–Kier alpha value is -1.88. The lowest BCUT2D eigenvalue weighted by atomic mass is 9.99. The first-order chi connectivity index (χ1) is 11.9. The quantitative estimate of drug-likeness (QED) is 0.832. The molecule has 0 bridgehead atoms. The first kappa shape index (κ1) is 19.4. The monoisotopic (exact) mass is 345 g/mol. The second-order valence-corrected chi connectivity index (χ2v) is 7.36. The number of carbonyl (C=O) groups excluding carboxylic acids is 2. The summed E-state index contributed by atoms with van der Waals surface area (Å²) in [5.74, 6) is 0.216. The van der Waals surface area contributed by atoms with Crippen molar-refractivity contribution in [2.45, 2.75) is 52.1 Å². The number of piperidine rings is 1. The van der Waals surface area contributed by atoms with Gasteiger partial charge in [0.15, 0.2) is 0 Å². The van der Waals surface area contributed by atoms with E-state index in [4.69, 9.17) is 0 Å². The van der Waals surface area contributed by atoms with Gasteiger partial charge in [0, 0.05) is 24.7 Å². The SMILES string of the molecule is CNC1CCN(C(=O)C(CC(C)C)NC(=O)c2ccccc2C)CC1. The van der Waals surface area contributed by atoms with Crippen LogP contribution in [0.4, 0.5) is 0 Å². The molecule has 138 valence electrons. The molecule has 0 spiro atoms. The fourth-order valence-corrected chi connectivity index (χ4v) is 3.37. The molecule has 25 heavy (non-hydrogen) atoms. The van der Waals surface area contributed by atoms with Gasteiger partial charge in [0.25, 0.3) is 5.91 Å². The largest absolute Gasteiger partial charge is 0.341 e. The van der Waals surface area contributed by atoms with E-state index in [0.717, 1.165) is 31.5 Å². The average Bonchev–Trinajstić information content (AvgIpc) is 2.60. The van der Waals surface area contributed by atoms with Crippen molar-refractivity contribution >= 4 is 11.8 Å². The molecule has 2 N–H and O–H groups in total. The first-order valence-electron chi connectivity index (χ1n) is 9.25. The maximum Gasteiger partial charge on any atom is 0.252 e. The van der Waals surface area contributed by atoms with E-state index in [0.29, 0.717) is 23.9 Å². The van der Waals surface area contributed by atoms with Crippen molar-refractivity contribution in [3.05, 3.63) is 35.4 Å². The Bertz CT molecular complexity index is 592. The number of benzene rings is 1. The van der Waals surface area contributed by atoms with E-state index in [1.807, 2.05) is 37.1 Å². The molecule has 1 fully saturated rings. The zero-order valence-corrected chi connectivity index (χ0v) is 15.8. The van der Waals surface area contributed by atoms with E-state index in [-0.39, 0.29) is 11.8 Å². The summed E-state index contributed by atoms with van der Waals surface area (Å²) in [6, 6.07) is 7.50. The highest BCUT2D eigenvalue weighted by atomic mass is 16.2. The summed E-state index contributed by atoms with van der Waals surface area (Å²) in [5.41, 5.74) is 1.56. The molecule has 0 aliphatic carbocycles. The Morgan fingerprint density at radius 1 is 1.20 bits per heavy atom. The second-order valence-electron chi connectivity index (χ2n) is 7.36. The Morgan fingerprint density at radius 2 is 1.84 bits per heavy atom. The predicted octanol–water partition coefficient (Wildman–Crippen LogP) is 2.35. The van der Waals surface area contributed by atoms with Gasteiger partial charge in [-0.15, -0.1) is 0 Å². The summed E-state index contributed by atoms with van der Waals surface area (Å²) in [5, 5.41) is 6.26. The number of nitrogens with zero attached hydrogens (tertiary/aromatic N) is 1. The van der Waals surface area contributed by atoms with Gasteiger partial charge in [-0.3, -0.25) is 9.59 Å². The minimum absolute atomic E-state index is 0.0465. The van der Waals surface area contributed by atoms with E-state index in [9.17, 15) is 9.59 Å². The van der Waals surface area contributed by atoms with Crippen LogP contribution in [0.15, 0.2) is 24.3 Å². The Balaban J connectivity index is 2.06. The normalized spacial score (nSPS) is 16.8. The molecule has 0 radical (unpaired) electrons. The standard InChI is InChI=1S/C20H31N3O2/c1-14(2)13-18(20(25)23-11-9-16(21-4)10-12-23)22-19(24)17-8-6-5-7-15(17)3/h5-8,14,16,18,21H,9-13H2,1-4H3,(H,22,24). The number of likely N-dealkylation sites (tertiary alicyclic amines) is 1. The number of nitrogens with one attached hydrogen (secondary N) is 2. The zero-order chi connectivity index (χ0) is 18.4. The van der Waals surface area contributed by atoms with Gasteiger partial charge in [-0.2, -0.15) is 0 Å². The summed E-state index contributed by atoms with van der Waals surface area (Å²) in [4.78, 5) is 27.5. The molecule has 1 saturated heterocycles. The summed E-state index contributed by atoms with van der Waals surface area (Å²) in [6.45, 7) is 7.57. The van der Waals surface area contributed by atoms with Gasteiger partial charge < -0.3 is 15.5 Å². The van der Waals surface area contributed by atoms with Crippen molar-refractivity contribution in [2.24, 2.45) is 5.92 Å². The number of aryl methyl sites for hydroxylation is 1. The van der Waals surface area contributed by atoms with Crippen LogP contribution in [0.1, 0.15) is 49.0 Å². The van der Waals surface area contributed by atoms with Gasteiger partial charge in [-0.1, -0.05) is 32.0 Å². The summed E-state index contributed by atoms with van der Waals surface area (Å²) < 4.78 is 0. The van der Waals surface area contributed by atoms with Crippen molar-refractivity contribution in [1.29, 1.82) is 0 Å². The number of carbonyl (C=O) groups is 2. The van der Waals surface area contributed by atoms with E-state index in [2.05, 4.69) is 24.5 Å². The van der Waals surface area contributed by atoms with Crippen molar-refractivity contribution < 1.29 is 9.59 Å². The molecule has 1 heterocycles.